The summed E-state index contributed by atoms with van der Waals surface area (Å²) in [6.07, 6.45) is 3.19. The third-order valence-electron chi connectivity index (χ3n) is 2.76. The summed E-state index contributed by atoms with van der Waals surface area (Å²) in [5.41, 5.74) is -1.09. The quantitative estimate of drug-likeness (QED) is 0.498. The molecule has 0 aromatic carbocycles. The normalized spacial score (nSPS) is 15.1. The van der Waals surface area contributed by atoms with E-state index in [1.807, 2.05) is 5.01 Å². The SMILES string of the molecule is CC#CCn1ccn(N2CCOCC2)c(=O)c1=O. The van der Waals surface area contributed by atoms with Crippen LogP contribution in [0.25, 0.3) is 0 Å². The largest absolute Gasteiger partial charge is 0.378 e. The molecule has 2 heterocycles. The van der Waals surface area contributed by atoms with Gasteiger partial charge in [-0.15, -0.1) is 5.92 Å². The van der Waals surface area contributed by atoms with Crippen LogP contribution >= 0.6 is 0 Å². The Morgan fingerprint density at radius 2 is 1.94 bits per heavy atom. The first kappa shape index (κ1) is 12.5. The average Bonchev–Trinajstić information content (AvgIpc) is 2.41. The van der Waals surface area contributed by atoms with E-state index in [0.29, 0.717) is 26.3 Å². The highest BCUT2D eigenvalue weighted by Gasteiger charge is 2.14. The molecule has 1 saturated heterocycles. The van der Waals surface area contributed by atoms with Gasteiger partial charge in [0.15, 0.2) is 0 Å². The van der Waals surface area contributed by atoms with Crippen LogP contribution in [-0.2, 0) is 11.3 Å². The van der Waals surface area contributed by atoms with Crippen LogP contribution in [0.15, 0.2) is 22.0 Å². The molecule has 6 heteroatoms. The van der Waals surface area contributed by atoms with Gasteiger partial charge in [-0.2, -0.15) is 0 Å². The van der Waals surface area contributed by atoms with E-state index in [-0.39, 0.29) is 6.54 Å². The van der Waals surface area contributed by atoms with E-state index in [2.05, 4.69) is 11.8 Å². The van der Waals surface area contributed by atoms with Crippen LogP contribution in [0.4, 0.5) is 0 Å². The number of hydrogen-bond acceptors (Lipinski definition) is 4. The summed E-state index contributed by atoms with van der Waals surface area (Å²) in [7, 11) is 0. The van der Waals surface area contributed by atoms with E-state index in [9.17, 15) is 9.59 Å². The predicted octanol–water partition coefficient (Wildman–Crippen LogP) is -0.998. The van der Waals surface area contributed by atoms with Gasteiger partial charge in [-0.05, 0) is 6.92 Å². The van der Waals surface area contributed by atoms with Crippen LogP contribution < -0.4 is 16.1 Å². The van der Waals surface area contributed by atoms with E-state index >= 15 is 0 Å². The minimum absolute atomic E-state index is 0.245. The molecule has 2 rings (SSSR count). The lowest BCUT2D eigenvalue weighted by Crippen LogP contribution is -2.53. The Labute approximate surface area is 104 Å². The molecule has 96 valence electrons. The van der Waals surface area contributed by atoms with Gasteiger partial charge in [0.25, 0.3) is 0 Å². The Morgan fingerprint density at radius 3 is 2.61 bits per heavy atom. The predicted molar refractivity (Wildman–Crippen MR) is 67.2 cm³/mol. The fraction of sp³-hybridized carbons (Fsp3) is 0.500. The van der Waals surface area contributed by atoms with Crippen molar-refractivity contribution in [2.75, 3.05) is 31.3 Å². The smallest absolute Gasteiger partial charge is 0.334 e. The zero-order valence-corrected chi connectivity index (χ0v) is 10.3. The fourth-order valence-electron chi connectivity index (χ4n) is 1.78. The van der Waals surface area contributed by atoms with Crippen LogP contribution in [0.5, 0.6) is 0 Å². The molecule has 6 nitrogen and oxygen atoms in total. The second-order valence-corrected chi connectivity index (χ2v) is 3.87. The number of morpholine rings is 1. The maximum Gasteiger partial charge on any atom is 0.334 e. The monoisotopic (exact) mass is 249 g/mol. The van der Waals surface area contributed by atoms with Crippen LogP contribution in [0.1, 0.15) is 6.92 Å². The highest BCUT2D eigenvalue weighted by molar-refractivity contribution is 5.00. The first-order valence-electron chi connectivity index (χ1n) is 5.78. The summed E-state index contributed by atoms with van der Waals surface area (Å²) in [5.74, 6) is 5.46. The van der Waals surface area contributed by atoms with Crippen molar-refractivity contribution in [3.63, 3.8) is 0 Å². The summed E-state index contributed by atoms with van der Waals surface area (Å²) in [5, 5.41) is 1.81. The van der Waals surface area contributed by atoms with Crippen molar-refractivity contribution in [1.29, 1.82) is 0 Å². The number of ether oxygens (including phenoxy) is 1. The van der Waals surface area contributed by atoms with Crippen LogP contribution in [0.3, 0.4) is 0 Å². The van der Waals surface area contributed by atoms with Gasteiger partial charge >= 0.3 is 11.1 Å². The highest BCUT2D eigenvalue weighted by atomic mass is 16.5. The Bertz CT molecular complexity index is 585. The van der Waals surface area contributed by atoms with Gasteiger partial charge in [-0.25, -0.2) is 4.68 Å². The molecular weight excluding hydrogens is 234 g/mol. The summed E-state index contributed by atoms with van der Waals surface area (Å²) in [4.78, 5) is 23.8. The average molecular weight is 249 g/mol. The van der Waals surface area contributed by atoms with E-state index in [1.165, 1.54) is 9.24 Å². The van der Waals surface area contributed by atoms with Crippen molar-refractivity contribution in [3.05, 3.63) is 33.1 Å². The molecule has 18 heavy (non-hydrogen) atoms. The van der Waals surface area contributed by atoms with Crippen LogP contribution in [0, 0.1) is 11.8 Å². The van der Waals surface area contributed by atoms with E-state index < -0.39 is 11.1 Å². The van der Waals surface area contributed by atoms with E-state index in [4.69, 9.17) is 4.74 Å². The second kappa shape index (κ2) is 5.56. The molecule has 0 aliphatic carbocycles. The number of nitrogens with zero attached hydrogens (tertiary/aromatic N) is 3. The van der Waals surface area contributed by atoms with Gasteiger partial charge < -0.3 is 9.75 Å². The molecule has 0 atom stereocenters. The Kier molecular flexibility index (Phi) is 3.85. The second-order valence-electron chi connectivity index (χ2n) is 3.87. The number of hydrogen-bond donors (Lipinski definition) is 0. The molecule has 0 unspecified atom stereocenters. The van der Waals surface area contributed by atoms with E-state index in [1.54, 1.807) is 19.3 Å². The zero-order valence-electron chi connectivity index (χ0n) is 10.3. The zero-order chi connectivity index (χ0) is 13.0. The molecular formula is C12H15N3O3. The Hall–Kier alpha value is -2.00. The summed E-state index contributed by atoms with van der Waals surface area (Å²) in [6.45, 7) is 4.29. The topological polar surface area (TPSA) is 56.5 Å². The fourth-order valence-corrected chi connectivity index (χ4v) is 1.78. The number of rotatable bonds is 2. The molecule has 0 spiro atoms. The van der Waals surface area contributed by atoms with E-state index in [0.717, 1.165) is 0 Å². The molecule has 0 saturated carbocycles. The van der Waals surface area contributed by atoms with Crippen LogP contribution in [0.2, 0.25) is 0 Å². The van der Waals surface area contributed by atoms with Gasteiger partial charge in [0.2, 0.25) is 0 Å². The first-order valence-corrected chi connectivity index (χ1v) is 5.78. The molecule has 1 aliphatic heterocycles. The molecule has 1 aliphatic rings. The number of aromatic nitrogens is 2. The molecule has 0 radical (unpaired) electrons. The molecule has 1 aromatic heterocycles. The van der Waals surface area contributed by atoms with Crippen molar-refractivity contribution >= 4 is 0 Å². The molecule has 0 bridgehead atoms. The minimum Gasteiger partial charge on any atom is -0.378 e. The standard InChI is InChI=1S/C12H15N3O3/c1-2-3-4-13-5-6-15(12(17)11(13)16)14-7-9-18-10-8-14/h5-6H,4,7-10H2,1H3. The van der Waals surface area contributed by atoms with Gasteiger partial charge in [0, 0.05) is 12.4 Å². The molecule has 1 aromatic rings. The minimum atomic E-state index is -0.549. The van der Waals surface area contributed by atoms with Gasteiger partial charge in [-0.3, -0.25) is 14.2 Å². The van der Waals surface area contributed by atoms with Crippen molar-refractivity contribution < 1.29 is 4.74 Å². The molecule has 0 N–H and O–H groups in total. The lowest BCUT2D eigenvalue weighted by molar-refractivity contribution is 0.110. The maximum atomic E-state index is 12.0. The third-order valence-corrected chi connectivity index (χ3v) is 2.76. The van der Waals surface area contributed by atoms with Crippen LogP contribution in [-0.4, -0.2) is 35.5 Å². The maximum absolute atomic E-state index is 12.0. The summed E-state index contributed by atoms with van der Waals surface area (Å²) >= 11 is 0. The summed E-state index contributed by atoms with van der Waals surface area (Å²) in [6, 6.07) is 0. The molecule has 1 fully saturated rings. The Balaban J connectivity index is 2.33. The van der Waals surface area contributed by atoms with Gasteiger partial charge in [-0.1, -0.05) is 5.92 Å². The Morgan fingerprint density at radius 1 is 1.22 bits per heavy atom. The van der Waals surface area contributed by atoms with Gasteiger partial charge in [0.05, 0.1) is 32.8 Å². The van der Waals surface area contributed by atoms with Gasteiger partial charge in [0.1, 0.15) is 0 Å². The first-order chi connectivity index (χ1) is 8.74. The lowest BCUT2D eigenvalue weighted by Gasteiger charge is -2.29. The van der Waals surface area contributed by atoms with Crippen molar-refractivity contribution in [3.8, 4) is 11.8 Å². The third kappa shape index (κ3) is 2.46. The molecule has 0 amide bonds. The van der Waals surface area contributed by atoms with Crippen molar-refractivity contribution in [1.82, 2.24) is 9.24 Å². The summed E-state index contributed by atoms with van der Waals surface area (Å²) < 4.78 is 7.89. The highest BCUT2D eigenvalue weighted by Crippen LogP contribution is 1.93. The lowest BCUT2D eigenvalue weighted by atomic mass is 10.5. The van der Waals surface area contributed by atoms with Crippen molar-refractivity contribution in [2.45, 2.75) is 13.5 Å². The van der Waals surface area contributed by atoms with Crippen molar-refractivity contribution in [2.24, 2.45) is 0 Å².